The van der Waals surface area contributed by atoms with E-state index in [0.29, 0.717) is 23.6 Å². The third kappa shape index (κ3) is 1.99. The molecule has 0 N–H and O–H groups in total. The molecule has 0 aliphatic carbocycles. The van der Waals surface area contributed by atoms with E-state index < -0.39 is 23.4 Å². The Kier molecular flexibility index (Phi) is 3.44. The second-order valence-electron chi connectivity index (χ2n) is 6.22. The zero-order chi connectivity index (χ0) is 17.8. The molecule has 0 unspecified atom stereocenters. The van der Waals surface area contributed by atoms with Crippen molar-refractivity contribution in [1.29, 1.82) is 0 Å². The van der Waals surface area contributed by atoms with E-state index in [4.69, 9.17) is 11.6 Å². The van der Waals surface area contributed by atoms with Crippen LogP contribution in [0.5, 0.6) is 0 Å². The summed E-state index contributed by atoms with van der Waals surface area (Å²) in [5.41, 5.74) is 1.06. The van der Waals surface area contributed by atoms with E-state index in [0.717, 1.165) is 16.0 Å². The van der Waals surface area contributed by atoms with Crippen LogP contribution in [0.2, 0.25) is 5.02 Å². The molecule has 2 aliphatic rings. The Morgan fingerprint density at radius 2 is 1.76 bits per heavy atom. The van der Waals surface area contributed by atoms with Crippen LogP contribution in [0.4, 0.5) is 4.79 Å². The molecule has 0 saturated carbocycles. The Balaban J connectivity index is 2.05. The normalized spacial score (nSPS) is 22.0. The van der Waals surface area contributed by atoms with Gasteiger partial charge in [-0.1, -0.05) is 48.0 Å². The van der Waals surface area contributed by atoms with Crippen molar-refractivity contribution in [2.45, 2.75) is 18.9 Å². The molecule has 2 aliphatic heterocycles. The standard InChI is InChI=1S/C19H15ClN2O3/c1-12(23)22-17(24)19(14-6-8-15(20)9-7-14)16-5-3-2-4-13(16)10-11-21(19)18(22)25/h2-9H,10-11H2,1H3/t19-/m1/s1. The molecule has 1 atom stereocenters. The third-order valence-electron chi connectivity index (χ3n) is 4.93. The van der Waals surface area contributed by atoms with Gasteiger partial charge >= 0.3 is 6.03 Å². The minimum absolute atomic E-state index is 0.369. The van der Waals surface area contributed by atoms with Gasteiger partial charge in [0.15, 0.2) is 5.54 Å². The molecular formula is C19H15ClN2O3. The second kappa shape index (κ2) is 5.43. The summed E-state index contributed by atoms with van der Waals surface area (Å²) >= 11 is 6.01. The highest BCUT2D eigenvalue weighted by molar-refractivity contribution is 6.30. The van der Waals surface area contributed by atoms with E-state index in [1.165, 1.54) is 11.8 Å². The lowest BCUT2D eigenvalue weighted by Gasteiger charge is -2.41. The van der Waals surface area contributed by atoms with Crippen molar-refractivity contribution in [2.24, 2.45) is 0 Å². The molecule has 0 aromatic heterocycles. The predicted molar refractivity (Wildman–Crippen MR) is 92.0 cm³/mol. The monoisotopic (exact) mass is 354 g/mol. The maximum atomic E-state index is 13.4. The van der Waals surface area contributed by atoms with E-state index in [9.17, 15) is 14.4 Å². The number of halogens is 1. The number of fused-ring (bicyclic) bond motifs is 3. The van der Waals surface area contributed by atoms with Crippen LogP contribution in [0.15, 0.2) is 48.5 Å². The zero-order valence-corrected chi connectivity index (χ0v) is 14.3. The number of benzene rings is 2. The van der Waals surface area contributed by atoms with E-state index in [1.807, 2.05) is 24.3 Å². The number of imide groups is 3. The van der Waals surface area contributed by atoms with Crippen LogP contribution in [-0.2, 0) is 21.5 Å². The van der Waals surface area contributed by atoms with Crippen LogP contribution in [0.25, 0.3) is 0 Å². The number of rotatable bonds is 1. The van der Waals surface area contributed by atoms with Crippen molar-refractivity contribution in [3.8, 4) is 0 Å². The van der Waals surface area contributed by atoms with Crippen LogP contribution < -0.4 is 0 Å². The molecule has 0 spiro atoms. The van der Waals surface area contributed by atoms with E-state index in [-0.39, 0.29) is 0 Å². The van der Waals surface area contributed by atoms with Gasteiger partial charge in [0.25, 0.3) is 5.91 Å². The van der Waals surface area contributed by atoms with Crippen LogP contribution >= 0.6 is 11.6 Å². The lowest BCUT2D eigenvalue weighted by atomic mass is 9.76. The fourth-order valence-electron chi connectivity index (χ4n) is 3.88. The molecule has 0 bridgehead atoms. The summed E-state index contributed by atoms with van der Waals surface area (Å²) in [6.07, 6.45) is 0.635. The summed E-state index contributed by atoms with van der Waals surface area (Å²) in [6, 6.07) is 13.9. The summed E-state index contributed by atoms with van der Waals surface area (Å²) in [4.78, 5) is 40.4. The van der Waals surface area contributed by atoms with Gasteiger partial charge in [-0.15, -0.1) is 0 Å². The molecule has 2 aromatic rings. The van der Waals surface area contributed by atoms with Crippen LogP contribution in [0.3, 0.4) is 0 Å². The molecule has 6 heteroatoms. The highest BCUT2D eigenvalue weighted by Crippen LogP contribution is 2.47. The van der Waals surface area contributed by atoms with Crippen molar-refractivity contribution in [1.82, 2.24) is 9.80 Å². The minimum Gasteiger partial charge on any atom is -0.301 e. The maximum absolute atomic E-state index is 13.4. The summed E-state index contributed by atoms with van der Waals surface area (Å²) in [6.45, 7) is 1.60. The Morgan fingerprint density at radius 1 is 1.08 bits per heavy atom. The summed E-state index contributed by atoms with van der Waals surface area (Å²) < 4.78 is 0. The van der Waals surface area contributed by atoms with Crippen LogP contribution in [0.1, 0.15) is 23.6 Å². The lowest BCUT2D eigenvalue weighted by molar-refractivity contribution is -0.140. The summed E-state index contributed by atoms with van der Waals surface area (Å²) in [7, 11) is 0. The SMILES string of the molecule is CC(=O)N1C(=O)N2CCc3ccccc3[C@]2(c2ccc(Cl)cc2)C1=O. The van der Waals surface area contributed by atoms with Crippen molar-refractivity contribution in [3.63, 3.8) is 0 Å². The van der Waals surface area contributed by atoms with Gasteiger partial charge in [-0.05, 0) is 35.2 Å². The molecule has 1 saturated heterocycles. The first-order chi connectivity index (χ1) is 12.0. The quantitative estimate of drug-likeness (QED) is 0.740. The Morgan fingerprint density at radius 3 is 2.44 bits per heavy atom. The van der Waals surface area contributed by atoms with Crippen molar-refractivity contribution in [3.05, 3.63) is 70.2 Å². The summed E-state index contributed by atoms with van der Waals surface area (Å²) in [5.74, 6) is -1.10. The van der Waals surface area contributed by atoms with Gasteiger partial charge in [0.2, 0.25) is 5.91 Å². The maximum Gasteiger partial charge on any atom is 0.335 e. The molecule has 126 valence electrons. The second-order valence-corrected chi connectivity index (χ2v) is 6.65. The molecule has 2 heterocycles. The average molecular weight is 355 g/mol. The fourth-order valence-corrected chi connectivity index (χ4v) is 4.01. The van der Waals surface area contributed by atoms with Gasteiger partial charge in [0, 0.05) is 18.5 Å². The van der Waals surface area contributed by atoms with Crippen molar-refractivity contribution < 1.29 is 14.4 Å². The van der Waals surface area contributed by atoms with Gasteiger partial charge in [-0.3, -0.25) is 9.59 Å². The molecule has 2 aromatic carbocycles. The van der Waals surface area contributed by atoms with Gasteiger partial charge in [-0.25, -0.2) is 4.79 Å². The van der Waals surface area contributed by atoms with Crippen molar-refractivity contribution >= 4 is 29.4 Å². The molecule has 0 radical (unpaired) electrons. The Bertz CT molecular complexity index is 909. The Hall–Kier alpha value is -2.66. The highest BCUT2D eigenvalue weighted by Gasteiger charge is 2.62. The topological polar surface area (TPSA) is 57.7 Å². The van der Waals surface area contributed by atoms with E-state index in [1.54, 1.807) is 24.3 Å². The smallest absolute Gasteiger partial charge is 0.301 e. The lowest BCUT2D eigenvalue weighted by Crippen LogP contribution is -2.52. The number of amides is 4. The van der Waals surface area contributed by atoms with Gasteiger partial charge in [-0.2, -0.15) is 4.90 Å². The highest BCUT2D eigenvalue weighted by atomic mass is 35.5. The van der Waals surface area contributed by atoms with E-state index >= 15 is 0 Å². The van der Waals surface area contributed by atoms with Crippen LogP contribution in [-0.4, -0.2) is 34.2 Å². The van der Waals surface area contributed by atoms with E-state index in [2.05, 4.69) is 0 Å². The number of carbonyl (C=O) groups excluding carboxylic acids is 3. The molecule has 4 rings (SSSR count). The van der Waals surface area contributed by atoms with Gasteiger partial charge in [0.1, 0.15) is 0 Å². The first-order valence-electron chi connectivity index (χ1n) is 7.99. The largest absolute Gasteiger partial charge is 0.335 e. The number of hydrogen-bond donors (Lipinski definition) is 0. The molecule has 25 heavy (non-hydrogen) atoms. The minimum atomic E-state index is -1.32. The van der Waals surface area contributed by atoms with Crippen LogP contribution in [0, 0.1) is 0 Å². The van der Waals surface area contributed by atoms with Gasteiger partial charge in [0.05, 0.1) is 0 Å². The average Bonchev–Trinajstić information content (AvgIpc) is 2.84. The first kappa shape index (κ1) is 15.8. The number of carbonyl (C=O) groups is 3. The number of hydrogen-bond acceptors (Lipinski definition) is 3. The Labute approximate surface area is 149 Å². The summed E-state index contributed by atoms with van der Waals surface area (Å²) in [5, 5.41) is 0.538. The zero-order valence-electron chi connectivity index (χ0n) is 13.5. The number of urea groups is 1. The third-order valence-corrected chi connectivity index (χ3v) is 5.18. The first-order valence-corrected chi connectivity index (χ1v) is 8.37. The molecule has 1 fully saturated rings. The van der Waals surface area contributed by atoms with Crippen molar-refractivity contribution in [2.75, 3.05) is 6.54 Å². The molecular weight excluding hydrogens is 340 g/mol. The number of nitrogens with zero attached hydrogens (tertiary/aromatic N) is 2. The molecule has 5 nitrogen and oxygen atoms in total. The van der Waals surface area contributed by atoms with Gasteiger partial charge < -0.3 is 4.90 Å². The predicted octanol–water partition coefficient (Wildman–Crippen LogP) is 2.95. The fraction of sp³-hybridized carbons (Fsp3) is 0.211. The molecule has 4 amide bonds.